The fraction of sp³-hybridized carbons (Fsp3) is 0.273. The molecule has 2 rings (SSSR count). The van der Waals surface area contributed by atoms with Crippen LogP contribution in [0.1, 0.15) is 24.7 Å². The Bertz CT molecular complexity index is 502. The lowest BCUT2D eigenvalue weighted by molar-refractivity contribution is 0.151. The summed E-state index contributed by atoms with van der Waals surface area (Å²) >= 11 is 7.44. The Morgan fingerprint density at radius 3 is 3.00 bits per heavy atom. The van der Waals surface area contributed by atoms with E-state index in [1.807, 2.05) is 24.3 Å². The molecule has 0 aliphatic carbocycles. The minimum atomic E-state index is -0.729. The maximum absolute atomic E-state index is 9.24. The predicted molar refractivity (Wildman–Crippen MR) is 65.9 cm³/mol. The van der Waals surface area contributed by atoms with Gasteiger partial charge in [0.05, 0.1) is 5.75 Å². The van der Waals surface area contributed by atoms with Crippen molar-refractivity contribution in [2.24, 2.45) is 0 Å². The molecule has 4 nitrogen and oxygen atoms in total. The van der Waals surface area contributed by atoms with Crippen LogP contribution >= 0.6 is 23.4 Å². The van der Waals surface area contributed by atoms with Crippen molar-refractivity contribution in [3.63, 3.8) is 0 Å². The summed E-state index contributed by atoms with van der Waals surface area (Å²) in [7, 11) is 0. The van der Waals surface area contributed by atoms with Gasteiger partial charge in [-0.3, -0.25) is 0 Å². The van der Waals surface area contributed by atoms with Gasteiger partial charge in [0.1, 0.15) is 6.10 Å². The van der Waals surface area contributed by atoms with Crippen molar-refractivity contribution < 1.29 is 9.63 Å². The predicted octanol–water partition coefficient (Wildman–Crippen LogP) is 3.07. The maximum atomic E-state index is 9.24. The van der Waals surface area contributed by atoms with Gasteiger partial charge in [-0.05, 0) is 25.1 Å². The van der Waals surface area contributed by atoms with Crippen LogP contribution in [0.15, 0.2) is 33.7 Å². The molecule has 0 bridgehead atoms. The van der Waals surface area contributed by atoms with Gasteiger partial charge in [0.15, 0.2) is 5.82 Å². The van der Waals surface area contributed by atoms with Gasteiger partial charge in [-0.1, -0.05) is 22.8 Å². The van der Waals surface area contributed by atoms with E-state index in [0.29, 0.717) is 16.6 Å². The summed E-state index contributed by atoms with van der Waals surface area (Å²) in [6.07, 6.45) is -0.729. The first-order chi connectivity index (χ1) is 8.15. The lowest BCUT2D eigenvalue weighted by atomic mass is 10.4. The van der Waals surface area contributed by atoms with Crippen molar-refractivity contribution in [1.82, 2.24) is 10.1 Å². The number of aliphatic hydroxyl groups is 1. The minimum absolute atomic E-state index is 0.242. The monoisotopic (exact) mass is 270 g/mol. The summed E-state index contributed by atoms with van der Waals surface area (Å²) in [6.45, 7) is 1.58. The molecule has 0 saturated heterocycles. The van der Waals surface area contributed by atoms with Gasteiger partial charge in [0.25, 0.3) is 5.89 Å². The number of hydrogen-bond acceptors (Lipinski definition) is 5. The van der Waals surface area contributed by atoms with Crippen LogP contribution in [0.25, 0.3) is 0 Å². The second-order valence-corrected chi connectivity index (χ2v) is 4.96. The second kappa shape index (κ2) is 5.53. The molecule has 1 aromatic carbocycles. The lowest BCUT2D eigenvalue weighted by Gasteiger charge is -1.98. The SMILES string of the molecule is C[C@H](O)c1nc(CSc2cccc(Cl)c2)no1. The normalized spacial score (nSPS) is 12.6. The average molecular weight is 271 g/mol. The van der Waals surface area contributed by atoms with E-state index in [2.05, 4.69) is 10.1 Å². The Kier molecular flexibility index (Phi) is 4.04. The van der Waals surface area contributed by atoms with E-state index in [9.17, 15) is 5.11 Å². The van der Waals surface area contributed by atoms with Crippen LogP contribution in [-0.2, 0) is 5.75 Å². The summed E-state index contributed by atoms with van der Waals surface area (Å²) < 4.78 is 4.89. The van der Waals surface area contributed by atoms with Gasteiger partial charge in [-0.25, -0.2) is 0 Å². The number of hydrogen-bond donors (Lipinski definition) is 1. The zero-order valence-corrected chi connectivity index (χ0v) is 10.7. The summed E-state index contributed by atoms with van der Waals surface area (Å²) in [5.41, 5.74) is 0. The van der Waals surface area contributed by atoms with Crippen LogP contribution < -0.4 is 0 Å². The number of aromatic nitrogens is 2. The van der Waals surface area contributed by atoms with E-state index in [-0.39, 0.29) is 5.89 Å². The van der Waals surface area contributed by atoms with Gasteiger partial charge < -0.3 is 9.63 Å². The van der Waals surface area contributed by atoms with E-state index >= 15 is 0 Å². The first kappa shape index (κ1) is 12.4. The molecule has 2 aromatic rings. The number of thioether (sulfide) groups is 1. The Hall–Kier alpha value is -1.04. The molecular weight excluding hydrogens is 260 g/mol. The van der Waals surface area contributed by atoms with Crippen molar-refractivity contribution >= 4 is 23.4 Å². The molecule has 0 aliphatic heterocycles. The smallest absolute Gasteiger partial charge is 0.255 e. The third-order valence-electron chi connectivity index (χ3n) is 2.01. The zero-order valence-electron chi connectivity index (χ0n) is 9.13. The van der Waals surface area contributed by atoms with Gasteiger partial charge >= 0.3 is 0 Å². The van der Waals surface area contributed by atoms with Gasteiger partial charge in [-0.15, -0.1) is 11.8 Å². The highest BCUT2D eigenvalue weighted by atomic mass is 35.5. The Balaban J connectivity index is 1.97. The first-order valence-corrected chi connectivity index (χ1v) is 6.40. The van der Waals surface area contributed by atoms with Crippen molar-refractivity contribution in [3.8, 4) is 0 Å². The van der Waals surface area contributed by atoms with Crippen LogP contribution in [0.2, 0.25) is 5.02 Å². The van der Waals surface area contributed by atoms with Crippen molar-refractivity contribution in [2.45, 2.75) is 23.7 Å². The van der Waals surface area contributed by atoms with Crippen molar-refractivity contribution in [2.75, 3.05) is 0 Å². The quantitative estimate of drug-likeness (QED) is 0.865. The van der Waals surface area contributed by atoms with Gasteiger partial charge in [-0.2, -0.15) is 4.98 Å². The molecule has 1 N–H and O–H groups in total. The molecule has 0 saturated carbocycles. The Morgan fingerprint density at radius 1 is 1.53 bits per heavy atom. The molecule has 0 spiro atoms. The summed E-state index contributed by atoms with van der Waals surface area (Å²) in [5.74, 6) is 1.38. The second-order valence-electron chi connectivity index (χ2n) is 3.47. The summed E-state index contributed by atoms with van der Waals surface area (Å²) in [4.78, 5) is 5.11. The summed E-state index contributed by atoms with van der Waals surface area (Å²) in [5, 5.41) is 13.7. The van der Waals surface area contributed by atoms with Crippen molar-refractivity contribution in [3.05, 3.63) is 41.0 Å². The average Bonchev–Trinajstić information content (AvgIpc) is 2.75. The van der Waals surface area contributed by atoms with E-state index < -0.39 is 6.10 Å². The molecule has 1 aromatic heterocycles. The van der Waals surface area contributed by atoms with Crippen LogP contribution in [0, 0.1) is 0 Å². The molecule has 0 aliphatic rings. The highest BCUT2D eigenvalue weighted by Crippen LogP contribution is 2.24. The maximum Gasteiger partial charge on any atom is 0.255 e. The van der Waals surface area contributed by atoms with E-state index in [1.165, 1.54) is 0 Å². The topological polar surface area (TPSA) is 59.2 Å². The number of halogens is 1. The highest BCUT2D eigenvalue weighted by Gasteiger charge is 2.11. The molecule has 0 amide bonds. The van der Waals surface area contributed by atoms with Gasteiger partial charge in [0, 0.05) is 9.92 Å². The van der Waals surface area contributed by atoms with Crippen LogP contribution in [0.4, 0.5) is 0 Å². The standard InChI is InChI=1S/C11H11ClN2O2S/c1-7(15)11-13-10(14-16-11)6-17-9-4-2-3-8(12)5-9/h2-5,7,15H,6H2,1H3/t7-/m0/s1. The number of nitrogens with zero attached hydrogens (tertiary/aromatic N) is 2. The van der Waals surface area contributed by atoms with E-state index in [4.69, 9.17) is 16.1 Å². The molecule has 0 radical (unpaired) electrons. The van der Waals surface area contributed by atoms with Crippen LogP contribution in [0.3, 0.4) is 0 Å². The molecule has 1 atom stereocenters. The van der Waals surface area contributed by atoms with Crippen LogP contribution in [-0.4, -0.2) is 15.2 Å². The molecule has 6 heteroatoms. The Morgan fingerprint density at radius 2 is 2.35 bits per heavy atom. The number of benzene rings is 1. The molecular formula is C11H11ClN2O2S. The first-order valence-electron chi connectivity index (χ1n) is 5.04. The third kappa shape index (κ3) is 3.46. The van der Waals surface area contributed by atoms with E-state index in [1.54, 1.807) is 18.7 Å². The fourth-order valence-electron chi connectivity index (χ4n) is 1.20. The highest BCUT2D eigenvalue weighted by molar-refractivity contribution is 7.98. The minimum Gasteiger partial charge on any atom is -0.384 e. The molecule has 1 heterocycles. The Labute approximate surface area is 108 Å². The number of aliphatic hydroxyl groups excluding tert-OH is 1. The van der Waals surface area contributed by atoms with Gasteiger partial charge in [0.2, 0.25) is 0 Å². The molecule has 0 unspecified atom stereocenters. The van der Waals surface area contributed by atoms with Crippen LogP contribution in [0.5, 0.6) is 0 Å². The molecule has 90 valence electrons. The lowest BCUT2D eigenvalue weighted by Crippen LogP contribution is -1.91. The third-order valence-corrected chi connectivity index (χ3v) is 3.23. The number of rotatable bonds is 4. The molecule has 0 fully saturated rings. The zero-order chi connectivity index (χ0) is 12.3. The van der Waals surface area contributed by atoms with Crippen molar-refractivity contribution in [1.29, 1.82) is 0 Å². The molecule has 17 heavy (non-hydrogen) atoms. The van der Waals surface area contributed by atoms with E-state index in [0.717, 1.165) is 4.90 Å². The fourth-order valence-corrected chi connectivity index (χ4v) is 2.25. The largest absolute Gasteiger partial charge is 0.384 e. The summed E-state index contributed by atoms with van der Waals surface area (Å²) in [6, 6.07) is 7.56.